The van der Waals surface area contributed by atoms with Gasteiger partial charge in [-0.05, 0) is 51.4 Å². The standard InChI is InChI=1S/C65H123NO10/c1-4-7-10-13-16-19-22-24-25-26-27-28-29-30-31-32-33-34-35-38-40-43-46-49-52-58(69)64(73)66-56(57(68)51-48-45-42-39-37-23-20-17-14-11-8-5-2)55-74-65-63(62(72)61(71)59(54-67)75-65)76-60(70)53-50-47-44-41-36-21-18-15-12-9-6-3/h24-25,48,51,56-59,61-63,65,67-69,71-72H,4-23,26-47,49-50,52-55H2,1-3H3,(H,66,73)/b25-24+,51-48+. The van der Waals surface area contributed by atoms with Crippen LogP contribution in [0, 0.1) is 0 Å². The molecule has 0 bridgehead atoms. The van der Waals surface area contributed by atoms with Crippen LogP contribution in [-0.2, 0) is 23.8 Å². The van der Waals surface area contributed by atoms with Gasteiger partial charge in [0.1, 0.15) is 24.4 Å². The zero-order valence-corrected chi connectivity index (χ0v) is 49.6. The molecule has 0 aromatic carbocycles. The molecule has 6 N–H and O–H groups in total. The number of hydrogen-bond donors (Lipinski definition) is 6. The molecular weight excluding hydrogens is 955 g/mol. The maximum Gasteiger partial charge on any atom is 0.306 e. The average Bonchev–Trinajstić information content (AvgIpc) is 3.42. The molecule has 11 heteroatoms. The Morgan fingerprint density at radius 2 is 0.868 bits per heavy atom. The molecule has 0 aliphatic carbocycles. The summed E-state index contributed by atoms with van der Waals surface area (Å²) in [5, 5.41) is 57.0. The molecule has 448 valence electrons. The summed E-state index contributed by atoms with van der Waals surface area (Å²) in [6.07, 6.45) is 52.3. The number of rotatable bonds is 56. The molecule has 1 heterocycles. The first-order valence-electron chi connectivity index (χ1n) is 32.6. The van der Waals surface area contributed by atoms with E-state index in [1.807, 2.05) is 6.08 Å². The van der Waals surface area contributed by atoms with Gasteiger partial charge in [0.15, 0.2) is 12.4 Å². The summed E-state index contributed by atoms with van der Waals surface area (Å²) in [4.78, 5) is 26.5. The predicted octanol–water partition coefficient (Wildman–Crippen LogP) is 15.7. The Morgan fingerprint density at radius 1 is 0.500 bits per heavy atom. The summed E-state index contributed by atoms with van der Waals surface area (Å²) >= 11 is 0. The molecule has 0 spiro atoms. The molecule has 76 heavy (non-hydrogen) atoms. The second kappa shape index (κ2) is 53.8. The maximum atomic E-state index is 13.4. The second-order valence-electron chi connectivity index (χ2n) is 22.9. The van der Waals surface area contributed by atoms with Crippen molar-refractivity contribution in [3.05, 3.63) is 24.3 Å². The minimum absolute atomic E-state index is 0.129. The average molecular weight is 1080 g/mol. The molecule has 1 rings (SSSR count). The van der Waals surface area contributed by atoms with E-state index < -0.39 is 67.4 Å². The molecule has 8 atom stereocenters. The largest absolute Gasteiger partial charge is 0.454 e. The molecule has 1 saturated heterocycles. The number of hydrogen-bond acceptors (Lipinski definition) is 10. The van der Waals surface area contributed by atoms with Gasteiger partial charge < -0.3 is 45.1 Å². The normalized spacial score (nSPS) is 19.2. The molecule has 1 amide bonds. The number of carbonyl (C=O) groups is 2. The minimum atomic E-state index is -1.61. The number of allylic oxidation sites excluding steroid dienone is 3. The van der Waals surface area contributed by atoms with Crippen LogP contribution in [0.1, 0.15) is 316 Å². The van der Waals surface area contributed by atoms with Crippen LogP contribution in [0.3, 0.4) is 0 Å². The fourth-order valence-electron chi connectivity index (χ4n) is 10.4. The van der Waals surface area contributed by atoms with Crippen molar-refractivity contribution in [1.82, 2.24) is 5.32 Å². The summed E-state index contributed by atoms with van der Waals surface area (Å²) in [6, 6.07) is -1.02. The lowest BCUT2D eigenvalue weighted by Crippen LogP contribution is -2.61. The molecule has 1 aliphatic heterocycles. The number of unbranched alkanes of at least 4 members (excludes halogenated alkanes) is 40. The summed E-state index contributed by atoms with van der Waals surface area (Å²) in [6.45, 7) is 5.80. The van der Waals surface area contributed by atoms with Crippen LogP contribution in [0.2, 0.25) is 0 Å². The van der Waals surface area contributed by atoms with E-state index in [0.717, 1.165) is 57.8 Å². The zero-order chi connectivity index (χ0) is 55.4. The highest BCUT2D eigenvalue weighted by Crippen LogP contribution is 2.26. The topological polar surface area (TPSA) is 175 Å². The first-order valence-corrected chi connectivity index (χ1v) is 32.6. The smallest absolute Gasteiger partial charge is 0.306 e. The van der Waals surface area contributed by atoms with Crippen LogP contribution in [0.5, 0.6) is 0 Å². The first-order chi connectivity index (χ1) is 37.2. The quantitative estimate of drug-likeness (QED) is 0.0195. The second-order valence-corrected chi connectivity index (χ2v) is 22.9. The number of aliphatic hydroxyl groups excluding tert-OH is 5. The van der Waals surface area contributed by atoms with E-state index in [4.69, 9.17) is 14.2 Å². The Morgan fingerprint density at radius 3 is 1.28 bits per heavy atom. The van der Waals surface area contributed by atoms with Gasteiger partial charge in [-0.2, -0.15) is 0 Å². The Hall–Kier alpha value is -1.86. The highest BCUT2D eigenvalue weighted by atomic mass is 16.7. The van der Waals surface area contributed by atoms with Crippen molar-refractivity contribution < 1.29 is 49.3 Å². The molecular formula is C65H123NO10. The fourth-order valence-corrected chi connectivity index (χ4v) is 10.4. The van der Waals surface area contributed by atoms with Crippen LogP contribution >= 0.6 is 0 Å². The number of amides is 1. The van der Waals surface area contributed by atoms with Crippen LogP contribution in [-0.4, -0.2) is 99.6 Å². The van der Waals surface area contributed by atoms with E-state index in [9.17, 15) is 35.1 Å². The van der Waals surface area contributed by atoms with E-state index in [2.05, 4.69) is 38.2 Å². The molecule has 0 saturated carbocycles. The molecule has 8 unspecified atom stereocenters. The minimum Gasteiger partial charge on any atom is -0.454 e. The summed E-state index contributed by atoms with van der Waals surface area (Å²) < 4.78 is 17.6. The molecule has 11 nitrogen and oxygen atoms in total. The highest BCUT2D eigenvalue weighted by molar-refractivity contribution is 5.80. The zero-order valence-electron chi connectivity index (χ0n) is 49.6. The van der Waals surface area contributed by atoms with Gasteiger partial charge in [-0.25, -0.2) is 0 Å². The highest BCUT2D eigenvalue weighted by Gasteiger charge is 2.47. The molecule has 1 fully saturated rings. The van der Waals surface area contributed by atoms with Crippen LogP contribution in [0.4, 0.5) is 0 Å². The van der Waals surface area contributed by atoms with Crippen LogP contribution < -0.4 is 5.32 Å². The van der Waals surface area contributed by atoms with Gasteiger partial charge in [0, 0.05) is 6.42 Å². The van der Waals surface area contributed by atoms with Gasteiger partial charge >= 0.3 is 5.97 Å². The van der Waals surface area contributed by atoms with Crippen molar-refractivity contribution in [2.45, 2.75) is 365 Å². The number of ether oxygens (including phenoxy) is 3. The Labute approximate surface area is 467 Å². The monoisotopic (exact) mass is 1080 g/mol. The summed E-state index contributed by atoms with van der Waals surface area (Å²) in [5.41, 5.74) is 0. The van der Waals surface area contributed by atoms with Crippen LogP contribution in [0.25, 0.3) is 0 Å². The molecule has 1 aliphatic rings. The van der Waals surface area contributed by atoms with Crippen molar-refractivity contribution >= 4 is 11.9 Å². The SMILES string of the molecule is CCCCCCCC/C=C/CCCCCCCCCCCCCCCCC(O)C(=O)NC(COC1OC(CO)C(O)C(O)C1OC(=O)CCCCCCCCCCCCC)C(O)/C=C/CCCCCCCCCCCC. The van der Waals surface area contributed by atoms with Crippen LogP contribution in [0.15, 0.2) is 24.3 Å². The number of nitrogens with one attached hydrogen (secondary N) is 1. The van der Waals surface area contributed by atoms with Gasteiger partial charge in [0.05, 0.1) is 25.4 Å². The lowest BCUT2D eigenvalue weighted by molar-refractivity contribution is -0.305. The molecule has 0 aromatic heterocycles. The van der Waals surface area contributed by atoms with E-state index in [-0.39, 0.29) is 13.0 Å². The molecule has 0 aromatic rings. The van der Waals surface area contributed by atoms with Gasteiger partial charge in [0.25, 0.3) is 0 Å². The van der Waals surface area contributed by atoms with Crippen molar-refractivity contribution in [1.29, 1.82) is 0 Å². The Bertz CT molecular complexity index is 1330. The first kappa shape index (κ1) is 72.2. The van der Waals surface area contributed by atoms with Gasteiger partial charge in [0.2, 0.25) is 5.91 Å². The summed E-state index contributed by atoms with van der Waals surface area (Å²) in [7, 11) is 0. The maximum absolute atomic E-state index is 13.4. The van der Waals surface area contributed by atoms with E-state index in [0.29, 0.717) is 19.3 Å². The number of aliphatic hydroxyl groups is 5. The third-order valence-electron chi connectivity index (χ3n) is 15.6. The lowest BCUT2D eigenvalue weighted by atomic mass is 9.99. The number of carbonyl (C=O) groups excluding carboxylic acids is 2. The fraction of sp³-hybridized carbons (Fsp3) is 0.908. The Kier molecular flexibility index (Phi) is 51.0. The lowest BCUT2D eigenvalue weighted by Gasteiger charge is -2.41. The Balaban J connectivity index is 2.57. The summed E-state index contributed by atoms with van der Waals surface area (Å²) in [5.74, 6) is -1.18. The van der Waals surface area contributed by atoms with Crippen molar-refractivity contribution in [2.24, 2.45) is 0 Å². The molecule has 0 radical (unpaired) electrons. The van der Waals surface area contributed by atoms with Gasteiger partial charge in [-0.15, -0.1) is 0 Å². The van der Waals surface area contributed by atoms with Crippen molar-refractivity contribution in [3.8, 4) is 0 Å². The van der Waals surface area contributed by atoms with Gasteiger partial charge in [-0.3, -0.25) is 9.59 Å². The third-order valence-corrected chi connectivity index (χ3v) is 15.6. The van der Waals surface area contributed by atoms with Crippen molar-refractivity contribution in [3.63, 3.8) is 0 Å². The number of esters is 1. The van der Waals surface area contributed by atoms with E-state index in [1.54, 1.807) is 6.08 Å². The van der Waals surface area contributed by atoms with E-state index in [1.165, 1.54) is 212 Å². The third kappa shape index (κ3) is 41.2. The predicted molar refractivity (Wildman–Crippen MR) is 315 cm³/mol. The van der Waals surface area contributed by atoms with Crippen molar-refractivity contribution in [2.75, 3.05) is 13.2 Å². The van der Waals surface area contributed by atoms with Gasteiger partial charge in [-0.1, -0.05) is 283 Å². The van der Waals surface area contributed by atoms with E-state index >= 15 is 0 Å².